The molecule has 0 amide bonds. The second kappa shape index (κ2) is 12.6. The van der Waals surface area contributed by atoms with E-state index in [-0.39, 0.29) is 24.3 Å². The number of nitrogens with two attached hydrogens (primary N) is 1. The van der Waals surface area contributed by atoms with Crippen molar-refractivity contribution in [2.45, 2.75) is 77.0 Å². The van der Waals surface area contributed by atoms with Crippen LogP contribution in [0.2, 0.25) is 0 Å². The molecule has 0 atom stereocenters. The molecule has 1 aromatic heterocycles. The highest BCUT2D eigenvalue weighted by atomic mass is 35.5. The lowest BCUT2D eigenvalue weighted by atomic mass is 10.0. The first kappa shape index (κ1) is 24.2. The van der Waals surface area contributed by atoms with Crippen LogP contribution in [-0.2, 0) is 6.42 Å². The number of nitrogens with one attached hydrogen (secondary N) is 1. The molecule has 0 saturated carbocycles. The Kier molecular flexibility index (Phi) is 10.1. The number of aryl methyl sites for hydroxylation is 1. The van der Waals surface area contributed by atoms with Gasteiger partial charge in [0.15, 0.2) is 5.96 Å². The Bertz CT molecular complexity index is 755. The Morgan fingerprint density at radius 3 is 2.23 bits per heavy atom. The molecule has 1 aromatic carbocycles. The zero-order chi connectivity index (χ0) is 20.5. The number of benzene rings is 1. The molecule has 0 bridgehead atoms. The summed E-state index contributed by atoms with van der Waals surface area (Å²) in [5.41, 5.74) is 7.83. The van der Waals surface area contributed by atoms with Crippen LogP contribution >= 0.6 is 12.4 Å². The van der Waals surface area contributed by atoms with Crippen molar-refractivity contribution in [3.63, 3.8) is 0 Å². The fourth-order valence-corrected chi connectivity index (χ4v) is 3.81. The van der Waals surface area contributed by atoms with Gasteiger partial charge in [0.05, 0.1) is 5.92 Å². The first-order valence-electron chi connectivity index (χ1n) is 11.2. The van der Waals surface area contributed by atoms with E-state index in [0.717, 1.165) is 12.0 Å². The molecule has 30 heavy (non-hydrogen) atoms. The van der Waals surface area contributed by atoms with Crippen LogP contribution in [0, 0.1) is 5.41 Å². The molecule has 0 radical (unpaired) electrons. The summed E-state index contributed by atoms with van der Waals surface area (Å²) in [5.74, 6) is 1.54. The van der Waals surface area contributed by atoms with Gasteiger partial charge in [0.25, 0.3) is 0 Å². The summed E-state index contributed by atoms with van der Waals surface area (Å²) in [4.78, 5) is 6.32. The standard InChI is InChI=1S/C23H35N5O.ClH/c1-2-3-4-5-6-7-8-9-10-11-18-12-14-19(15-13-18)21-26-22(29-27-21)20-16-28(17-20)23(24)25;/h12-15,20H,2-11,16-17H2,1H3,(H3,24,25);1H. The molecule has 1 aliphatic heterocycles. The van der Waals surface area contributed by atoms with E-state index in [1.165, 1.54) is 63.4 Å². The van der Waals surface area contributed by atoms with E-state index in [1.807, 2.05) is 0 Å². The van der Waals surface area contributed by atoms with Crippen LogP contribution in [0.4, 0.5) is 0 Å². The van der Waals surface area contributed by atoms with Crippen LogP contribution in [0.1, 0.15) is 82.1 Å². The number of unbranched alkanes of at least 4 members (excludes halogenated alkanes) is 8. The van der Waals surface area contributed by atoms with Gasteiger partial charge in [-0.3, -0.25) is 5.41 Å². The summed E-state index contributed by atoms with van der Waals surface area (Å²) in [6, 6.07) is 8.52. The molecule has 7 heteroatoms. The Morgan fingerprint density at radius 2 is 1.63 bits per heavy atom. The van der Waals surface area contributed by atoms with Gasteiger partial charge in [-0.25, -0.2) is 0 Å². The minimum atomic E-state index is 0. The van der Waals surface area contributed by atoms with E-state index in [9.17, 15) is 0 Å². The normalized spacial score (nSPS) is 13.7. The van der Waals surface area contributed by atoms with Crippen molar-refractivity contribution in [1.29, 1.82) is 5.41 Å². The molecule has 166 valence electrons. The van der Waals surface area contributed by atoms with Gasteiger partial charge in [-0.15, -0.1) is 12.4 Å². The van der Waals surface area contributed by atoms with Gasteiger partial charge in [-0.2, -0.15) is 4.98 Å². The highest BCUT2D eigenvalue weighted by Gasteiger charge is 2.33. The minimum absolute atomic E-state index is 0. The number of likely N-dealkylation sites (tertiary alicyclic amines) is 1. The molecular formula is C23H36ClN5O. The average molecular weight is 434 g/mol. The topological polar surface area (TPSA) is 92.0 Å². The van der Waals surface area contributed by atoms with Crippen LogP contribution in [0.15, 0.2) is 28.8 Å². The van der Waals surface area contributed by atoms with Crippen molar-refractivity contribution >= 4 is 18.4 Å². The fourth-order valence-electron chi connectivity index (χ4n) is 3.81. The molecule has 0 unspecified atom stereocenters. The highest BCUT2D eigenvalue weighted by molar-refractivity contribution is 5.85. The predicted molar refractivity (Wildman–Crippen MR) is 124 cm³/mol. The summed E-state index contributed by atoms with van der Waals surface area (Å²) in [7, 11) is 0. The van der Waals surface area contributed by atoms with Crippen LogP contribution in [0.25, 0.3) is 11.4 Å². The molecule has 1 saturated heterocycles. The number of hydrogen-bond donors (Lipinski definition) is 2. The van der Waals surface area contributed by atoms with Gasteiger partial charge in [0, 0.05) is 18.7 Å². The van der Waals surface area contributed by atoms with Crippen LogP contribution in [0.3, 0.4) is 0 Å². The number of halogens is 1. The number of nitrogens with zero attached hydrogens (tertiary/aromatic N) is 3. The van der Waals surface area contributed by atoms with Crippen molar-refractivity contribution in [2.24, 2.45) is 5.73 Å². The number of aromatic nitrogens is 2. The fraction of sp³-hybridized carbons (Fsp3) is 0.609. The largest absolute Gasteiger partial charge is 0.370 e. The number of guanidine groups is 1. The first-order valence-corrected chi connectivity index (χ1v) is 11.2. The number of hydrogen-bond acceptors (Lipinski definition) is 4. The lowest BCUT2D eigenvalue weighted by Crippen LogP contribution is -2.51. The van der Waals surface area contributed by atoms with E-state index in [2.05, 4.69) is 41.3 Å². The molecule has 6 nitrogen and oxygen atoms in total. The van der Waals surface area contributed by atoms with Gasteiger partial charge in [0.1, 0.15) is 0 Å². The van der Waals surface area contributed by atoms with Crippen LogP contribution in [-0.4, -0.2) is 34.1 Å². The average Bonchev–Trinajstić information content (AvgIpc) is 3.15. The maximum Gasteiger partial charge on any atom is 0.233 e. The van der Waals surface area contributed by atoms with E-state index < -0.39 is 0 Å². The Hall–Kier alpha value is -2.08. The smallest absolute Gasteiger partial charge is 0.233 e. The predicted octanol–water partition coefficient (Wildman–Crippen LogP) is 5.52. The van der Waals surface area contributed by atoms with Crippen molar-refractivity contribution in [3.05, 3.63) is 35.7 Å². The molecule has 0 spiro atoms. The first-order chi connectivity index (χ1) is 14.2. The van der Waals surface area contributed by atoms with Crippen molar-refractivity contribution in [2.75, 3.05) is 13.1 Å². The third-order valence-corrected chi connectivity index (χ3v) is 5.79. The summed E-state index contributed by atoms with van der Waals surface area (Å²) in [5, 5.41) is 11.5. The van der Waals surface area contributed by atoms with E-state index in [1.54, 1.807) is 4.90 Å². The molecule has 1 aliphatic rings. The van der Waals surface area contributed by atoms with Crippen molar-refractivity contribution in [1.82, 2.24) is 15.0 Å². The molecular weight excluding hydrogens is 398 g/mol. The quantitative estimate of drug-likeness (QED) is 0.261. The minimum Gasteiger partial charge on any atom is -0.370 e. The summed E-state index contributed by atoms with van der Waals surface area (Å²) in [6.07, 6.45) is 13.4. The van der Waals surface area contributed by atoms with Crippen molar-refractivity contribution < 1.29 is 4.52 Å². The zero-order valence-electron chi connectivity index (χ0n) is 18.1. The number of rotatable bonds is 12. The zero-order valence-corrected chi connectivity index (χ0v) is 18.9. The maximum absolute atomic E-state index is 7.41. The lowest BCUT2D eigenvalue weighted by Gasteiger charge is -2.37. The van der Waals surface area contributed by atoms with E-state index in [4.69, 9.17) is 15.7 Å². The third-order valence-electron chi connectivity index (χ3n) is 5.79. The Labute approximate surface area is 186 Å². The maximum atomic E-state index is 7.41. The second-order valence-electron chi connectivity index (χ2n) is 8.22. The second-order valence-corrected chi connectivity index (χ2v) is 8.22. The lowest BCUT2D eigenvalue weighted by molar-refractivity contribution is 0.203. The third kappa shape index (κ3) is 7.01. The molecule has 2 aromatic rings. The SMILES string of the molecule is CCCCCCCCCCCc1ccc(-c2noc(C3CN(C(=N)N)C3)n2)cc1.Cl. The molecule has 2 heterocycles. The Morgan fingerprint density at radius 1 is 1.03 bits per heavy atom. The van der Waals surface area contributed by atoms with E-state index in [0.29, 0.717) is 24.8 Å². The van der Waals surface area contributed by atoms with Crippen LogP contribution < -0.4 is 5.73 Å². The van der Waals surface area contributed by atoms with Gasteiger partial charge < -0.3 is 15.2 Å². The van der Waals surface area contributed by atoms with Crippen LogP contribution in [0.5, 0.6) is 0 Å². The van der Waals surface area contributed by atoms with Gasteiger partial charge in [-0.05, 0) is 18.4 Å². The van der Waals surface area contributed by atoms with Gasteiger partial charge in [0.2, 0.25) is 11.7 Å². The van der Waals surface area contributed by atoms with Gasteiger partial charge in [-0.1, -0.05) is 87.7 Å². The molecule has 3 rings (SSSR count). The molecule has 1 fully saturated rings. The summed E-state index contributed by atoms with van der Waals surface area (Å²) in [6.45, 7) is 3.62. The van der Waals surface area contributed by atoms with Crippen molar-refractivity contribution in [3.8, 4) is 11.4 Å². The molecule has 3 N–H and O–H groups in total. The van der Waals surface area contributed by atoms with Gasteiger partial charge >= 0.3 is 0 Å². The highest BCUT2D eigenvalue weighted by Crippen LogP contribution is 2.27. The Balaban J connectivity index is 0.00000320. The van der Waals surface area contributed by atoms with E-state index >= 15 is 0 Å². The summed E-state index contributed by atoms with van der Waals surface area (Å²) < 4.78 is 5.42. The summed E-state index contributed by atoms with van der Waals surface area (Å²) >= 11 is 0. The molecule has 0 aliphatic carbocycles. The monoisotopic (exact) mass is 433 g/mol.